The molecule has 0 aliphatic carbocycles. The van der Waals surface area contributed by atoms with Crippen molar-refractivity contribution in [2.24, 2.45) is 5.92 Å². The van der Waals surface area contributed by atoms with Gasteiger partial charge in [-0.3, -0.25) is 4.90 Å². The molecule has 0 aromatic heterocycles. The molecule has 12 heteroatoms. The van der Waals surface area contributed by atoms with Crippen LogP contribution in [0.2, 0.25) is 0 Å². The van der Waals surface area contributed by atoms with Crippen molar-refractivity contribution in [2.45, 2.75) is 20.0 Å². The first kappa shape index (κ1) is 24.6. The standard InChI is InChI=1S/C20H30FN5O4S2/c1-14(2)19(31)22-12-16-13-26(20(27)30-16)15-5-6-18(17(21)11-15)24-7-9-25(10-8-24)32(28,29)23(3)4/h5-6,11,14,16H,7-10,12-13H2,1-4H3,(H,22,31). The van der Waals surface area contributed by atoms with Crippen LogP contribution in [0.25, 0.3) is 0 Å². The van der Waals surface area contributed by atoms with Gasteiger partial charge in [0.05, 0.1) is 29.5 Å². The normalized spacial score (nSPS) is 20.2. The largest absolute Gasteiger partial charge is 0.442 e. The molecular formula is C20H30FN5O4S2. The number of benzene rings is 1. The lowest BCUT2D eigenvalue weighted by Gasteiger charge is -2.36. The van der Waals surface area contributed by atoms with Crippen molar-refractivity contribution in [3.63, 3.8) is 0 Å². The molecule has 1 atom stereocenters. The fraction of sp³-hybridized carbons (Fsp3) is 0.600. The number of hydrogen-bond acceptors (Lipinski definition) is 6. The summed E-state index contributed by atoms with van der Waals surface area (Å²) in [6.07, 6.45) is -0.907. The van der Waals surface area contributed by atoms with Gasteiger partial charge in [0, 0.05) is 46.2 Å². The second-order valence-electron chi connectivity index (χ2n) is 8.33. The monoisotopic (exact) mass is 487 g/mol. The number of nitrogens with one attached hydrogen (secondary N) is 1. The minimum Gasteiger partial charge on any atom is -0.442 e. The zero-order chi connectivity index (χ0) is 23.6. The molecule has 0 bridgehead atoms. The lowest BCUT2D eigenvalue weighted by Crippen LogP contribution is -2.51. The van der Waals surface area contributed by atoms with Crippen molar-refractivity contribution in [1.82, 2.24) is 13.9 Å². The van der Waals surface area contributed by atoms with Crippen molar-refractivity contribution in [1.29, 1.82) is 0 Å². The van der Waals surface area contributed by atoms with Crippen LogP contribution in [-0.4, -0.2) is 87.6 Å². The molecule has 1 unspecified atom stereocenters. The van der Waals surface area contributed by atoms with E-state index in [0.717, 1.165) is 0 Å². The first-order valence-electron chi connectivity index (χ1n) is 10.5. The van der Waals surface area contributed by atoms with E-state index in [2.05, 4.69) is 5.32 Å². The van der Waals surface area contributed by atoms with Gasteiger partial charge in [-0.15, -0.1) is 0 Å². The first-order chi connectivity index (χ1) is 15.0. The zero-order valence-corrected chi connectivity index (χ0v) is 20.4. The highest BCUT2D eigenvalue weighted by atomic mass is 32.2. The summed E-state index contributed by atoms with van der Waals surface area (Å²) in [6.45, 7) is 5.95. The molecule has 2 fully saturated rings. The summed E-state index contributed by atoms with van der Waals surface area (Å²) in [6, 6.07) is 4.61. The number of anilines is 2. The third-order valence-electron chi connectivity index (χ3n) is 5.51. The van der Waals surface area contributed by atoms with E-state index in [0.29, 0.717) is 42.5 Å². The van der Waals surface area contributed by atoms with Gasteiger partial charge in [0.15, 0.2) is 0 Å². The van der Waals surface area contributed by atoms with E-state index < -0.39 is 22.1 Å². The van der Waals surface area contributed by atoms with E-state index in [9.17, 15) is 17.6 Å². The van der Waals surface area contributed by atoms with Crippen molar-refractivity contribution < 1.29 is 22.3 Å². The number of rotatable bonds is 7. The third kappa shape index (κ3) is 5.30. The van der Waals surface area contributed by atoms with Crippen LogP contribution < -0.4 is 15.1 Å². The Morgan fingerprint density at radius 2 is 1.94 bits per heavy atom. The van der Waals surface area contributed by atoms with Crippen LogP contribution in [0.1, 0.15) is 13.8 Å². The average molecular weight is 488 g/mol. The second kappa shape index (κ2) is 9.86. The molecule has 2 saturated heterocycles. The summed E-state index contributed by atoms with van der Waals surface area (Å²) in [5.74, 6) is -0.272. The highest BCUT2D eigenvalue weighted by Crippen LogP contribution is 2.29. The van der Waals surface area contributed by atoms with Crippen LogP contribution in [0.4, 0.5) is 20.6 Å². The number of nitrogens with zero attached hydrogens (tertiary/aromatic N) is 4. The maximum Gasteiger partial charge on any atom is 0.414 e. The predicted molar refractivity (Wildman–Crippen MR) is 126 cm³/mol. The zero-order valence-electron chi connectivity index (χ0n) is 18.7. The molecule has 1 aromatic carbocycles. The maximum absolute atomic E-state index is 14.9. The number of cyclic esters (lactones) is 1. The maximum atomic E-state index is 14.9. The first-order valence-corrected chi connectivity index (χ1v) is 12.3. The van der Waals surface area contributed by atoms with Gasteiger partial charge in [0.1, 0.15) is 11.9 Å². The SMILES string of the molecule is CC(C)C(=S)NCC1CN(c2ccc(N3CCN(S(=O)(=O)N(C)C)CC3)c(F)c2)C(=O)O1. The van der Waals surface area contributed by atoms with Gasteiger partial charge in [0.25, 0.3) is 10.2 Å². The molecule has 178 valence electrons. The molecule has 1 aromatic rings. The van der Waals surface area contributed by atoms with Crippen LogP contribution in [0.5, 0.6) is 0 Å². The molecule has 2 heterocycles. The van der Waals surface area contributed by atoms with Crippen LogP contribution >= 0.6 is 12.2 Å². The van der Waals surface area contributed by atoms with Crippen LogP contribution in [0.3, 0.4) is 0 Å². The van der Waals surface area contributed by atoms with Gasteiger partial charge >= 0.3 is 6.09 Å². The predicted octanol–water partition coefficient (Wildman–Crippen LogP) is 1.65. The Kier molecular flexibility index (Phi) is 7.58. The van der Waals surface area contributed by atoms with Gasteiger partial charge < -0.3 is 15.0 Å². The van der Waals surface area contributed by atoms with Crippen LogP contribution in [-0.2, 0) is 14.9 Å². The Morgan fingerprint density at radius 1 is 1.28 bits per heavy atom. The Morgan fingerprint density at radius 3 is 2.50 bits per heavy atom. The third-order valence-corrected chi connectivity index (χ3v) is 8.07. The van der Waals surface area contributed by atoms with Crippen LogP contribution in [0, 0.1) is 11.7 Å². The number of carbonyl (C=O) groups excluding carboxylic acids is 1. The Hall–Kier alpha value is -2.02. The van der Waals surface area contributed by atoms with Gasteiger partial charge in [-0.2, -0.15) is 17.0 Å². The van der Waals surface area contributed by atoms with Gasteiger partial charge in [-0.25, -0.2) is 9.18 Å². The smallest absolute Gasteiger partial charge is 0.414 e. The molecule has 9 nitrogen and oxygen atoms in total. The molecule has 1 N–H and O–H groups in total. The number of ether oxygens (including phenoxy) is 1. The Balaban J connectivity index is 1.62. The van der Waals surface area contributed by atoms with Crippen molar-refractivity contribution >= 4 is 44.9 Å². The molecule has 0 spiro atoms. The van der Waals surface area contributed by atoms with Gasteiger partial charge in [-0.05, 0) is 18.2 Å². The van der Waals surface area contributed by atoms with Gasteiger partial charge in [0.2, 0.25) is 0 Å². The number of amides is 1. The second-order valence-corrected chi connectivity index (χ2v) is 10.9. The summed E-state index contributed by atoms with van der Waals surface area (Å²) in [4.78, 5) is 16.2. The Labute approximate surface area is 194 Å². The highest BCUT2D eigenvalue weighted by molar-refractivity contribution is 7.86. The van der Waals surface area contributed by atoms with E-state index in [1.807, 2.05) is 18.7 Å². The quantitative estimate of drug-likeness (QED) is 0.586. The van der Waals surface area contributed by atoms with E-state index >= 15 is 0 Å². The van der Waals surface area contributed by atoms with Crippen molar-refractivity contribution in [2.75, 3.05) is 63.2 Å². The topological polar surface area (TPSA) is 85.4 Å². The van der Waals surface area contributed by atoms with Crippen molar-refractivity contribution in [3.8, 4) is 0 Å². The highest BCUT2D eigenvalue weighted by Gasteiger charge is 2.33. The van der Waals surface area contributed by atoms with E-state index in [4.69, 9.17) is 17.0 Å². The van der Waals surface area contributed by atoms with E-state index in [1.54, 1.807) is 12.1 Å². The van der Waals surface area contributed by atoms with E-state index in [1.165, 1.54) is 33.7 Å². The Bertz CT molecular complexity index is 965. The lowest BCUT2D eigenvalue weighted by molar-refractivity contribution is 0.143. The fourth-order valence-electron chi connectivity index (χ4n) is 3.57. The number of piperazine rings is 1. The van der Waals surface area contributed by atoms with Crippen LogP contribution in [0.15, 0.2) is 18.2 Å². The number of hydrogen-bond donors (Lipinski definition) is 1. The summed E-state index contributed by atoms with van der Waals surface area (Å²) in [5, 5.41) is 3.10. The van der Waals surface area contributed by atoms with Gasteiger partial charge in [-0.1, -0.05) is 26.1 Å². The molecule has 2 aliphatic rings. The van der Waals surface area contributed by atoms with E-state index in [-0.39, 0.29) is 25.1 Å². The summed E-state index contributed by atoms with van der Waals surface area (Å²) in [7, 11) is -0.508. The number of carbonyl (C=O) groups is 1. The fourth-order valence-corrected chi connectivity index (χ4v) is 4.74. The summed E-state index contributed by atoms with van der Waals surface area (Å²) >= 11 is 5.24. The molecule has 0 radical (unpaired) electrons. The molecule has 32 heavy (non-hydrogen) atoms. The number of thiocarbonyl (C=S) groups is 1. The molecule has 3 rings (SSSR count). The minimum atomic E-state index is -3.48. The molecule has 0 saturated carbocycles. The van der Waals surface area contributed by atoms with Crippen molar-refractivity contribution in [3.05, 3.63) is 24.0 Å². The summed E-state index contributed by atoms with van der Waals surface area (Å²) < 4.78 is 47.4. The molecular weight excluding hydrogens is 457 g/mol. The minimum absolute atomic E-state index is 0.199. The summed E-state index contributed by atoms with van der Waals surface area (Å²) in [5.41, 5.74) is 0.794. The molecule has 2 aliphatic heterocycles. The average Bonchev–Trinajstić information content (AvgIpc) is 3.12. The number of halogens is 1. The lowest BCUT2D eigenvalue weighted by atomic mass is 10.2. The molecule has 1 amide bonds.